The Balaban J connectivity index is 1.19. The summed E-state index contributed by atoms with van der Waals surface area (Å²) in [4.78, 5) is 25.3. The molecule has 2 N–H and O–H groups in total. The Labute approximate surface area is 196 Å². The Hall–Kier alpha value is -3.54. The second kappa shape index (κ2) is 6.75. The molecule has 0 radical (unpaired) electrons. The molecule has 172 valence electrons. The van der Waals surface area contributed by atoms with Gasteiger partial charge in [0, 0.05) is 22.5 Å². The van der Waals surface area contributed by atoms with Gasteiger partial charge in [-0.3, -0.25) is 9.59 Å². The Kier molecular flexibility index (Phi) is 3.95. The number of carboxylic acids is 1. The maximum atomic E-state index is 13.6. The van der Waals surface area contributed by atoms with Crippen LogP contribution < -0.4 is 5.32 Å². The van der Waals surface area contributed by atoms with Crippen LogP contribution >= 0.6 is 0 Å². The number of benzene rings is 2. The van der Waals surface area contributed by atoms with E-state index >= 15 is 0 Å². The maximum absolute atomic E-state index is 13.6. The van der Waals surface area contributed by atoms with Crippen molar-refractivity contribution in [3.8, 4) is 0 Å². The first kappa shape index (κ1) is 19.9. The number of nitrogens with one attached hydrogen (secondary N) is 1. The van der Waals surface area contributed by atoms with Crippen LogP contribution in [0.15, 0.2) is 65.2 Å². The highest BCUT2D eigenvalue weighted by Crippen LogP contribution is 2.72. The molecule has 2 bridgehead atoms. The molecule has 2 aromatic carbocycles. The highest BCUT2D eigenvalue weighted by molar-refractivity contribution is 6.06. The molecule has 6 heteroatoms. The molecule has 4 aliphatic carbocycles. The summed E-state index contributed by atoms with van der Waals surface area (Å²) in [6, 6.07) is 17.9. The fourth-order valence-corrected chi connectivity index (χ4v) is 6.91. The Morgan fingerprint density at radius 2 is 1.82 bits per heavy atom. The number of furan rings is 1. The van der Waals surface area contributed by atoms with Gasteiger partial charge in [-0.1, -0.05) is 30.3 Å². The lowest BCUT2D eigenvalue weighted by Gasteiger charge is -2.46. The maximum Gasteiger partial charge on any atom is 0.306 e. The summed E-state index contributed by atoms with van der Waals surface area (Å²) in [5, 5.41) is 15.0. The standard InChI is InChI=1S/C28H26N2O4/c31-25(29-28(9-10-28)27-13-19(14-27)22(15-27)26(32)33)21-6-3-5-17-8-11-30(24(17)21)16-20-12-18-4-1-2-7-23(18)34-20/h1-8,11-12,19,22H,9-10,13-16H2,(H,29,31)(H,32,33)/t19?,22-,27?/m1/s1. The number of nitrogens with zero attached hydrogens (tertiary/aromatic N) is 1. The first-order valence-corrected chi connectivity index (χ1v) is 12.1. The number of hydrogen-bond acceptors (Lipinski definition) is 3. The fraction of sp³-hybridized carbons (Fsp3) is 0.357. The van der Waals surface area contributed by atoms with Gasteiger partial charge in [-0.25, -0.2) is 0 Å². The van der Waals surface area contributed by atoms with E-state index in [-0.39, 0.29) is 28.7 Å². The molecule has 2 heterocycles. The van der Waals surface area contributed by atoms with Gasteiger partial charge in [0.15, 0.2) is 0 Å². The van der Waals surface area contributed by atoms with Gasteiger partial charge in [-0.05, 0) is 67.7 Å². The van der Waals surface area contributed by atoms with E-state index in [1.807, 2.05) is 60.8 Å². The third kappa shape index (κ3) is 2.74. The molecule has 8 rings (SSSR count). The molecule has 0 unspecified atom stereocenters. The van der Waals surface area contributed by atoms with E-state index in [0.717, 1.165) is 53.3 Å². The Morgan fingerprint density at radius 3 is 2.56 bits per heavy atom. The fourth-order valence-electron chi connectivity index (χ4n) is 6.91. The highest BCUT2D eigenvalue weighted by Gasteiger charge is 2.71. The van der Waals surface area contributed by atoms with Crippen molar-refractivity contribution in [3.63, 3.8) is 0 Å². The zero-order valence-corrected chi connectivity index (χ0v) is 18.8. The lowest BCUT2D eigenvalue weighted by atomic mass is 9.63. The summed E-state index contributed by atoms with van der Waals surface area (Å²) in [5.74, 6) is 0.122. The van der Waals surface area contributed by atoms with Crippen molar-refractivity contribution in [3.05, 3.63) is 72.1 Å². The van der Waals surface area contributed by atoms with Crippen molar-refractivity contribution >= 4 is 33.7 Å². The molecule has 4 saturated carbocycles. The van der Waals surface area contributed by atoms with Crippen LogP contribution in [0.25, 0.3) is 21.9 Å². The minimum absolute atomic E-state index is 0.0411. The van der Waals surface area contributed by atoms with Gasteiger partial charge in [0.2, 0.25) is 0 Å². The lowest BCUT2D eigenvalue weighted by molar-refractivity contribution is -0.142. The zero-order valence-electron chi connectivity index (χ0n) is 18.8. The number of para-hydroxylation sites is 2. The molecule has 2 aromatic heterocycles. The second-order valence-corrected chi connectivity index (χ2v) is 10.6. The topological polar surface area (TPSA) is 84.5 Å². The predicted octanol–water partition coefficient (Wildman–Crippen LogP) is 5.20. The molecule has 4 fully saturated rings. The van der Waals surface area contributed by atoms with Gasteiger partial charge in [0.25, 0.3) is 5.91 Å². The van der Waals surface area contributed by atoms with Gasteiger partial charge >= 0.3 is 5.97 Å². The number of aliphatic carboxylic acids is 1. The van der Waals surface area contributed by atoms with Crippen LogP contribution in [0, 0.1) is 17.3 Å². The van der Waals surface area contributed by atoms with E-state index in [1.54, 1.807) is 0 Å². The quantitative estimate of drug-likeness (QED) is 0.419. The number of carboxylic acid groups (broad SMARTS) is 1. The molecule has 0 saturated heterocycles. The van der Waals surface area contributed by atoms with E-state index < -0.39 is 5.97 Å². The van der Waals surface area contributed by atoms with Gasteiger partial charge in [-0.15, -0.1) is 0 Å². The van der Waals surface area contributed by atoms with Gasteiger partial charge < -0.3 is 19.4 Å². The van der Waals surface area contributed by atoms with Crippen LogP contribution in [0.1, 0.15) is 48.2 Å². The number of amides is 1. The number of hydrogen-bond donors (Lipinski definition) is 2. The average Bonchev–Trinajstić information content (AvgIpc) is 3.20. The summed E-state index contributed by atoms with van der Waals surface area (Å²) in [6.07, 6.45) is 6.43. The van der Waals surface area contributed by atoms with Crippen LogP contribution in [-0.4, -0.2) is 27.1 Å². The predicted molar refractivity (Wildman–Crippen MR) is 128 cm³/mol. The number of rotatable bonds is 6. The SMILES string of the molecule is O=C(NC1(C23CC(C2)[C@H](C(=O)O)C3)CC1)c1cccc2ccn(Cc3cc4ccccc4o3)c12. The molecule has 0 aliphatic heterocycles. The molecule has 6 nitrogen and oxygen atoms in total. The number of fused-ring (bicyclic) bond motifs is 3. The van der Waals surface area contributed by atoms with E-state index in [1.165, 1.54) is 0 Å². The minimum atomic E-state index is -0.681. The summed E-state index contributed by atoms with van der Waals surface area (Å²) in [7, 11) is 0. The van der Waals surface area contributed by atoms with Crippen LogP contribution in [0.3, 0.4) is 0 Å². The summed E-state index contributed by atoms with van der Waals surface area (Å²) in [6.45, 7) is 0.541. The number of carbonyl (C=O) groups excluding carboxylic acids is 1. The second-order valence-electron chi connectivity index (χ2n) is 10.6. The zero-order chi connectivity index (χ0) is 23.1. The summed E-state index contributed by atoms with van der Waals surface area (Å²) >= 11 is 0. The third-order valence-electron chi connectivity index (χ3n) is 8.76. The van der Waals surface area contributed by atoms with Crippen molar-refractivity contribution in [1.29, 1.82) is 0 Å². The first-order chi connectivity index (χ1) is 16.5. The number of aromatic nitrogens is 1. The van der Waals surface area contributed by atoms with Crippen molar-refractivity contribution in [2.75, 3.05) is 0 Å². The van der Waals surface area contributed by atoms with Crippen LogP contribution in [0.5, 0.6) is 0 Å². The van der Waals surface area contributed by atoms with Crippen LogP contribution in [0.4, 0.5) is 0 Å². The molecular formula is C28H26N2O4. The third-order valence-corrected chi connectivity index (χ3v) is 8.76. The van der Waals surface area contributed by atoms with Gasteiger partial charge in [0.05, 0.1) is 23.5 Å². The van der Waals surface area contributed by atoms with E-state index in [2.05, 4.69) is 9.88 Å². The van der Waals surface area contributed by atoms with Crippen LogP contribution in [-0.2, 0) is 11.3 Å². The molecule has 1 atom stereocenters. The molecule has 4 aliphatic rings. The van der Waals surface area contributed by atoms with Crippen molar-refractivity contribution < 1.29 is 19.1 Å². The lowest BCUT2D eigenvalue weighted by Crippen LogP contribution is -2.52. The van der Waals surface area contributed by atoms with Crippen molar-refractivity contribution in [1.82, 2.24) is 9.88 Å². The Morgan fingerprint density at radius 1 is 1.03 bits per heavy atom. The van der Waals surface area contributed by atoms with E-state index in [9.17, 15) is 14.7 Å². The van der Waals surface area contributed by atoms with E-state index in [4.69, 9.17) is 4.42 Å². The normalized spacial score (nSPS) is 26.5. The molecule has 1 amide bonds. The molecule has 34 heavy (non-hydrogen) atoms. The van der Waals surface area contributed by atoms with Crippen molar-refractivity contribution in [2.24, 2.45) is 17.3 Å². The van der Waals surface area contributed by atoms with Crippen LogP contribution in [0.2, 0.25) is 0 Å². The number of carbonyl (C=O) groups is 2. The molecule has 0 spiro atoms. The molecule has 4 aromatic rings. The van der Waals surface area contributed by atoms with Gasteiger partial charge in [-0.2, -0.15) is 0 Å². The summed E-state index contributed by atoms with van der Waals surface area (Å²) in [5.41, 5.74) is 2.13. The first-order valence-electron chi connectivity index (χ1n) is 12.1. The highest BCUT2D eigenvalue weighted by atomic mass is 16.4. The van der Waals surface area contributed by atoms with Gasteiger partial charge in [0.1, 0.15) is 11.3 Å². The van der Waals surface area contributed by atoms with Crippen molar-refractivity contribution in [2.45, 2.75) is 44.2 Å². The summed E-state index contributed by atoms with van der Waals surface area (Å²) < 4.78 is 8.11. The average molecular weight is 455 g/mol. The Bertz CT molecular complexity index is 1440. The molecular weight excluding hydrogens is 428 g/mol. The minimum Gasteiger partial charge on any atom is -0.481 e. The smallest absolute Gasteiger partial charge is 0.306 e. The largest absolute Gasteiger partial charge is 0.481 e. The monoisotopic (exact) mass is 454 g/mol. The van der Waals surface area contributed by atoms with E-state index in [0.29, 0.717) is 18.5 Å².